The highest BCUT2D eigenvalue weighted by Crippen LogP contribution is 2.35. The van der Waals surface area contributed by atoms with Gasteiger partial charge in [-0.25, -0.2) is 0 Å². The monoisotopic (exact) mass is 333 g/mol. The largest absolute Gasteiger partial charge is 0.508 e. The van der Waals surface area contributed by atoms with E-state index < -0.39 is 0 Å². The predicted molar refractivity (Wildman–Crippen MR) is 95.3 cm³/mol. The summed E-state index contributed by atoms with van der Waals surface area (Å²) in [6.45, 7) is 0. The molecular weight excluding hydrogens is 314 g/mol. The molecule has 1 atom stereocenters. The lowest BCUT2D eigenvalue weighted by Crippen LogP contribution is -2.31. The van der Waals surface area contributed by atoms with E-state index in [4.69, 9.17) is 0 Å². The Morgan fingerprint density at radius 1 is 1.16 bits per heavy atom. The highest BCUT2D eigenvalue weighted by Gasteiger charge is 2.25. The van der Waals surface area contributed by atoms with Gasteiger partial charge >= 0.3 is 0 Å². The minimum absolute atomic E-state index is 0.0955. The normalized spacial score (nSPS) is 16.2. The molecule has 2 aromatic carbocycles. The number of aromatic amines is 1. The summed E-state index contributed by atoms with van der Waals surface area (Å²) in [5, 5.41) is 20.1. The molecule has 1 aromatic heterocycles. The average Bonchev–Trinajstić information content (AvgIpc) is 3.13. The van der Waals surface area contributed by atoms with Gasteiger partial charge in [0, 0.05) is 5.56 Å². The second kappa shape index (κ2) is 6.43. The summed E-state index contributed by atoms with van der Waals surface area (Å²) in [5.41, 5.74) is 4.11. The number of phenols is 1. The van der Waals surface area contributed by atoms with Crippen molar-refractivity contribution in [1.29, 1.82) is 0 Å². The summed E-state index contributed by atoms with van der Waals surface area (Å²) >= 11 is 0. The first-order chi connectivity index (χ1) is 12.2. The Bertz CT molecular complexity index is 902. The molecule has 0 saturated heterocycles. The standard InChI is InChI=1S/C20H19N3O2/c24-18-11-5-8-14-15(18)9-4-10-17(14)22-20(25)16-12-21-23-19(16)13-6-2-1-3-7-13/h1-3,5-8,11-12,17,24H,4,9-10H2,(H,21,23)(H,22,25). The van der Waals surface area contributed by atoms with Gasteiger partial charge in [-0.05, 0) is 36.5 Å². The van der Waals surface area contributed by atoms with Crippen molar-refractivity contribution in [2.75, 3.05) is 0 Å². The first-order valence-corrected chi connectivity index (χ1v) is 8.44. The zero-order valence-corrected chi connectivity index (χ0v) is 13.7. The zero-order chi connectivity index (χ0) is 17.2. The van der Waals surface area contributed by atoms with Crippen LogP contribution >= 0.6 is 0 Å². The average molecular weight is 333 g/mol. The number of H-pyrrole nitrogens is 1. The Morgan fingerprint density at radius 2 is 2.00 bits per heavy atom. The summed E-state index contributed by atoms with van der Waals surface area (Å²) in [6, 6.07) is 15.1. The van der Waals surface area contributed by atoms with Crippen molar-refractivity contribution in [1.82, 2.24) is 15.5 Å². The van der Waals surface area contributed by atoms with Crippen LogP contribution in [0.15, 0.2) is 54.7 Å². The molecule has 1 aliphatic rings. The van der Waals surface area contributed by atoms with Crippen LogP contribution in [0, 0.1) is 0 Å². The van der Waals surface area contributed by atoms with Crippen molar-refractivity contribution in [2.45, 2.75) is 25.3 Å². The molecule has 4 rings (SSSR count). The fourth-order valence-corrected chi connectivity index (χ4v) is 3.50. The van der Waals surface area contributed by atoms with E-state index in [0.29, 0.717) is 17.0 Å². The quantitative estimate of drug-likeness (QED) is 0.685. The number of hydrogen-bond donors (Lipinski definition) is 3. The molecule has 0 aliphatic heterocycles. The van der Waals surface area contributed by atoms with Gasteiger partial charge in [0.1, 0.15) is 5.75 Å². The molecule has 0 spiro atoms. The molecule has 1 unspecified atom stereocenters. The molecule has 1 heterocycles. The Hall–Kier alpha value is -3.08. The summed E-state index contributed by atoms with van der Waals surface area (Å²) in [7, 11) is 0. The van der Waals surface area contributed by atoms with Gasteiger partial charge in [-0.15, -0.1) is 0 Å². The number of carbonyl (C=O) groups excluding carboxylic acids is 1. The molecule has 25 heavy (non-hydrogen) atoms. The fourth-order valence-electron chi connectivity index (χ4n) is 3.50. The molecule has 0 bridgehead atoms. The van der Waals surface area contributed by atoms with E-state index in [0.717, 1.165) is 36.0 Å². The fraction of sp³-hybridized carbons (Fsp3) is 0.200. The van der Waals surface area contributed by atoms with Crippen molar-refractivity contribution >= 4 is 5.91 Å². The highest BCUT2D eigenvalue weighted by molar-refractivity contribution is 6.00. The number of nitrogens with zero attached hydrogens (tertiary/aromatic N) is 1. The number of hydrogen-bond acceptors (Lipinski definition) is 3. The Balaban J connectivity index is 1.61. The Morgan fingerprint density at radius 3 is 2.84 bits per heavy atom. The number of carbonyl (C=O) groups is 1. The molecular formula is C20H19N3O2. The highest BCUT2D eigenvalue weighted by atomic mass is 16.3. The maximum absolute atomic E-state index is 12.8. The van der Waals surface area contributed by atoms with E-state index in [-0.39, 0.29) is 11.9 Å². The van der Waals surface area contributed by atoms with Gasteiger partial charge in [0.15, 0.2) is 0 Å². The number of fused-ring (bicyclic) bond motifs is 1. The first kappa shape index (κ1) is 15.4. The molecule has 0 radical (unpaired) electrons. The maximum Gasteiger partial charge on any atom is 0.255 e. The van der Waals surface area contributed by atoms with Crippen LogP contribution in [-0.4, -0.2) is 21.2 Å². The molecule has 0 fully saturated rings. The van der Waals surface area contributed by atoms with E-state index in [2.05, 4.69) is 15.5 Å². The van der Waals surface area contributed by atoms with Crippen LogP contribution in [0.2, 0.25) is 0 Å². The van der Waals surface area contributed by atoms with Crippen molar-refractivity contribution < 1.29 is 9.90 Å². The van der Waals surface area contributed by atoms with Crippen molar-refractivity contribution in [3.63, 3.8) is 0 Å². The molecule has 3 aromatic rings. The zero-order valence-electron chi connectivity index (χ0n) is 13.7. The van der Waals surface area contributed by atoms with Gasteiger partial charge in [0.25, 0.3) is 5.91 Å². The van der Waals surface area contributed by atoms with Crippen LogP contribution in [0.5, 0.6) is 5.75 Å². The lowest BCUT2D eigenvalue weighted by atomic mass is 9.87. The predicted octanol–water partition coefficient (Wildman–Crippen LogP) is 3.59. The topological polar surface area (TPSA) is 78.0 Å². The third-order valence-corrected chi connectivity index (χ3v) is 4.73. The molecule has 5 heteroatoms. The number of aromatic nitrogens is 2. The van der Waals surface area contributed by atoms with E-state index in [9.17, 15) is 9.90 Å². The summed E-state index contributed by atoms with van der Waals surface area (Å²) in [4.78, 5) is 12.8. The molecule has 1 amide bonds. The van der Waals surface area contributed by atoms with Crippen molar-refractivity contribution in [3.05, 3.63) is 71.4 Å². The second-order valence-corrected chi connectivity index (χ2v) is 6.29. The molecule has 1 aliphatic carbocycles. The third-order valence-electron chi connectivity index (χ3n) is 4.73. The summed E-state index contributed by atoms with van der Waals surface area (Å²) in [5.74, 6) is 0.151. The van der Waals surface area contributed by atoms with Gasteiger partial charge in [0.2, 0.25) is 0 Å². The minimum atomic E-state index is -0.159. The molecule has 3 N–H and O–H groups in total. The van der Waals surface area contributed by atoms with Gasteiger partial charge in [-0.2, -0.15) is 5.10 Å². The Labute approximate surface area is 145 Å². The smallest absolute Gasteiger partial charge is 0.255 e. The van der Waals surface area contributed by atoms with E-state index in [1.165, 1.54) is 0 Å². The SMILES string of the molecule is O=C(NC1CCCc2c(O)cccc21)c1cn[nH]c1-c1ccccc1. The van der Waals surface area contributed by atoms with Crippen LogP contribution in [-0.2, 0) is 6.42 Å². The summed E-state index contributed by atoms with van der Waals surface area (Å²) < 4.78 is 0. The maximum atomic E-state index is 12.8. The summed E-state index contributed by atoms with van der Waals surface area (Å²) in [6.07, 6.45) is 4.20. The number of aromatic hydroxyl groups is 1. The number of amides is 1. The number of benzene rings is 2. The van der Waals surface area contributed by atoms with E-state index >= 15 is 0 Å². The second-order valence-electron chi connectivity index (χ2n) is 6.29. The molecule has 5 nitrogen and oxygen atoms in total. The van der Waals surface area contributed by atoms with Crippen LogP contribution in [0.4, 0.5) is 0 Å². The number of rotatable bonds is 3. The van der Waals surface area contributed by atoms with Gasteiger partial charge in [0.05, 0.1) is 23.5 Å². The van der Waals surface area contributed by atoms with Crippen molar-refractivity contribution in [3.8, 4) is 17.0 Å². The van der Waals surface area contributed by atoms with Crippen LogP contribution in [0.25, 0.3) is 11.3 Å². The van der Waals surface area contributed by atoms with E-state index in [1.807, 2.05) is 42.5 Å². The van der Waals surface area contributed by atoms with Gasteiger partial charge < -0.3 is 10.4 Å². The third kappa shape index (κ3) is 2.89. The first-order valence-electron chi connectivity index (χ1n) is 8.44. The molecule has 0 saturated carbocycles. The lowest BCUT2D eigenvalue weighted by molar-refractivity contribution is 0.0933. The van der Waals surface area contributed by atoms with Crippen molar-refractivity contribution in [2.24, 2.45) is 0 Å². The Kier molecular flexibility index (Phi) is 3.98. The van der Waals surface area contributed by atoms with E-state index in [1.54, 1.807) is 12.3 Å². The van der Waals surface area contributed by atoms with Crippen LogP contribution < -0.4 is 5.32 Å². The lowest BCUT2D eigenvalue weighted by Gasteiger charge is -2.27. The molecule has 126 valence electrons. The minimum Gasteiger partial charge on any atom is -0.508 e. The van der Waals surface area contributed by atoms with Gasteiger partial charge in [-0.3, -0.25) is 9.89 Å². The number of phenolic OH excluding ortho intramolecular Hbond substituents is 1. The van der Waals surface area contributed by atoms with Crippen LogP contribution in [0.1, 0.15) is 40.4 Å². The number of nitrogens with one attached hydrogen (secondary N) is 2. The van der Waals surface area contributed by atoms with Crippen LogP contribution in [0.3, 0.4) is 0 Å². The van der Waals surface area contributed by atoms with Gasteiger partial charge in [-0.1, -0.05) is 42.5 Å².